The summed E-state index contributed by atoms with van der Waals surface area (Å²) in [6.07, 6.45) is 0. The average molecular weight is 217 g/mol. The second-order valence-corrected chi connectivity index (χ2v) is 0. The summed E-state index contributed by atoms with van der Waals surface area (Å²) in [6.45, 7) is 0. The van der Waals surface area contributed by atoms with Crippen LogP contribution in [0, 0.1) is 0 Å². The van der Waals surface area contributed by atoms with Crippen LogP contribution in [-0.2, 0) is 45.7 Å². The van der Waals surface area contributed by atoms with Gasteiger partial charge >= 0.3 is 20.0 Å². The standard InChI is InChI=1S/Ag.Al.O.Zn.H. The summed E-state index contributed by atoms with van der Waals surface area (Å²) in [4.78, 5) is 0. The Hall–Kier alpha value is 1.70. The van der Waals surface area contributed by atoms with Crippen LogP contribution < -0.4 is 0 Å². The molecule has 0 aliphatic heterocycles. The second-order valence-electron chi connectivity index (χ2n) is 0. The summed E-state index contributed by atoms with van der Waals surface area (Å²) in [7, 11) is 0. The van der Waals surface area contributed by atoms with Crippen LogP contribution >= 0.6 is 0 Å². The first-order valence-electron chi connectivity index (χ1n) is 0.289. The van der Waals surface area contributed by atoms with Gasteiger partial charge in [0.05, 0.1) is 0 Å². The summed E-state index contributed by atoms with van der Waals surface area (Å²) in [5.41, 5.74) is 0. The molecular weight excluding hydrogens is 216 g/mol. The zero-order chi connectivity index (χ0) is 2.00. The van der Waals surface area contributed by atoms with Gasteiger partial charge in [0.2, 0.25) is 0 Å². The molecule has 0 aromatic carbocycles. The predicted octanol–water partition coefficient (Wildman–Crippen LogP) is -0.772. The van der Waals surface area contributed by atoms with E-state index < -0.39 is 0 Å². The van der Waals surface area contributed by atoms with Crippen LogP contribution in [0.25, 0.3) is 0 Å². The van der Waals surface area contributed by atoms with Crippen molar-refractivity contribution in [3.8, 4) is 0 Å². The van der Waals surface area contributed by atoms with Crippen LogP contribution in [0.15, 0.2) is 0 Å². The monoisotopic (exact) mass is 215 g/mol. The molecule has 0 bridgehead atoms. The fourth-order valence-electron chi connectivity index (χ4n) is 0. The Morgan fingerprint density at radius 3 is 1.25 bits per heavy atom. The van der Waals surface area contributed by atoms with Crippen molar-refractivity contribution in [1.82, 2.24) is 0 Å². The third-order valence-corrected chi connectivity index (χ3v) is 0. The first kappa shape index (κ1) is 17.3. The summed E-state index contributed by atoms with van der Waals surface area (Å²) in [5, 5.41) is 0. The minimum Gasteiger partial charge on any atom is 0 e. The minimum absolute atomic E-state index is 0. The SMILES string of the molecule is [Ag].[O]=[AlH].[Zn]. The van der Waals surface area contributed by atoms with Gasteiger partial charge in [-0.1, -0.05) is 0 Å². The van der Waals surface area contributed by atoms with Crippen molar-refractivity contribution >= 4 is 16.2 Å². The predicted molar refractivity (Wildman–Crippen MR) is 7.84 cm³/mol. The molecule has 0 aliphatic rings. The molecule has 4 heteroatoms. The van der Waals surface area contributed by atoms with Crippen LogP contribution in [0.4, 0.5) is 0 Å². The Morgan fingerprint density at radius 2 is 1.25 bits per heavy atom. The number of hydrogen-bond acceptors (Lipinski definition) is 1. The molecule has 1 radical (unpaired) electrons. The third-order valence-electron chi connectivity index (χ3n) is 0. The van der Waals surface area contributed by atoms with E-state index >= 15 is 0 Å². The first-order chi connectivity index (χ1) is 1.00. The Bertz CT molecular complexity index is 8.00. The van der Waals surface area contributed by atoms with Crippen LogP contribution in [-0.4, -0.2) is 16.2 Å². The van der Waals surface area contributed by atoms with Crippen LogP contribution in [0.1, 0.15) is 0 Å². The number of hydrogen-bond donors (Lipinski definition) is 0. The maximum atomic E-state index is 8.28. The molecule has 0 rings (SSSR count). The van der Waals surface area contributed by atoms with Crippen LogP contribution in [0.3, 0.4) is 0 Å². The average Bonchev–Trinajstić information content (AvgIpc) is 1.00. The topological polar surface area (TPSA) is 17.1 Å². The van der Waals surface area contributed by atoms with Crippen molar-refractivity contribution in [3.05, 3.63) is 0 Å². The van der Waals surface area contributed by atoms with E-state index in [4.69, 9.17) is 3.80 Å². The Morgan fingerprint density at radius 1 is 1.25 bits per heavy atom. The molecule has 4 heavy (non-hydrogen) atoms. The van der Waals surface area contributed by atoms with E-state index in [9.17, 15) is 0 Å². The first-order valence-corrected chi connectivity index (χ1v) is 0.866. The van der Waals surface area contributed by atoms with Crippen LogP contribution in [0.5, 0.6) is 0 Å². The van der Waals surface area contributed by atoms with Crippen molar-refractivity contribution in [1.29, 1.82) is 0 Å². The Balaban J connectivity index is -0.00000000500. The zero-order valence-corrected chi connectivity index (χ0v) is 7.99. The molecule has 0 atom stereocenters. The maximum absolute atomic E-state index is 8.28. The normalized spacial score (nSPS) is 0.750. The van der Waals surface area contributed by atoms with Gasteiger partial charge in [0.25, 0.3) is 0 Å². The molecule has 0 fully saturated rings. The molecule has 23 valence electrons. The summed E-state index contributed by atoms with van der Waals surface area (Å²) in [6, 6.07) is 0. The molecule has 0 saturated heterocycles. The van der Waals surface area contributed by atoms with Gasteiger partial charge in [-0.15, -0.1) is 0 Å². The van der Waals surface area contributed by atoms with Crippen molar-refractivity contribution in [3.63, 3.8) is 0 Å². The van der Waals surface area contributed by atoms with E-state index in [1.807, 2.05) is 0 Å². The van der Waals surface area contributed by atoms with E-state index in [-0.39, 0.29) is 41.9 Å². The van der Waals surface area contributed by atoms with Gasteiger partial charge in [0.1, 0.15) is 0 Å². The molecule has 0 aliphatic carbocycles. The zero-order valence-electron chi connectivity index (χ0n) is 2.12. The largest absolute Gasteiger partial charge is 0 e. The Kier molecular flexibility index (Phi) is 96.3. The van der Waals surface area contributed by atoms with E-state index in [1.165, 1.54) is 0 Å². The number of rotatable bonds is 0. The molecule has 0 aromatic heterocycles. The molecule has 0 N–H and O–H groups in total. The van der Waals surface area contributed by atoms with Crippen LogP contribution in [0.2, 0.25) is 0 Å². The second kappa shape index (κ2) is 22.3. The van der Waals surface area contributed by atoms with Crippen molar-refractivity contribution in [2.45, 2.75) is 0 Å². The van der Waals surface area contributed by atoms with E-state index in [1.54, 1.807) is 0 Å². The molecule has 0 amide bonds. The maximum Gasteiger partial charge on any atom is 0 e. The van der Waals surface area contributed by atoms with Crippen molar-refractivity contribution in [2.75, 3.05) is 0 Å². The third kappa shape index (κ3) is 9.34. The quantitative estimate of drug-likeness (QED) is 0.487. The summed E-state index contributed by atoms with van der Waals surface area (Å²) < 4.78 is 8.28. The molecule has 0 heterocycles. The van der Waals surface area contributed by atoms with E-state index in [0.29, 0.717) is 16.2 Å². The van der Waals surface area contributed by atoms with Gasteiger partial charge in [0.15, 0.2) is 0 Å². The van der Waals surface area contributed by atoms with Gasteiger partial charge in [-0.25, -0.2) is 0 Å². The van der Waals surface area contributed by atoms with Crippen molar-refractivity contribution < 1.29 is 45.7 Å². The molecule has 0 spiro atoms. The summed E-state index contributed by atoms with van der Waals surface area (Å²) >= 11 is 0.611. The fourth-order valence-corrected chi connectivity index (χ4v) is 0. The minimum atomic E-state index is 0. The van der Waals surface area contributed by atoms with Gasteiger partial charge in [-0.05, 0) is 0 Å². The van der Waals surface area contributed by atoms with Crippen molar-refractivity contribution in [2.24, 2.45) is 0 Å². The van der Waals surface area contributed by atoms with Gasteiger partial charge in [-0.3, -0.25) is 0 Å². The molecule has 0 saturated carbocycles. The molecule has 1 nitrogen and oxygen atoms in total. The van der Waals surface area contributed by atoms with Gasteiger partial charge < -0.3 is 0 Å². The van der Waals surface area contributed by atoms with Gasteiger partial charge in [0, 0.05) is 41.9 Å². The van der Waals surface area contributed by atoms with E-state index in [0.717, 1.165) is 0 Å². The smallest absolute Gasteiger partial charge is 0 e. The summed E-state index contributed by atoms with van der Waals surface area (Å²) in [5.74, 6) is 0. The Labute approximate surface area is 61.4 Å². The fraction of sp³-hybridized carbons (Fsp3) is 0. The van der Waals surface area contributed by atoms with Gasteiger partial charge in [-0.2, -0.15) is 0 Å². The molecule has 0 unspecified atom stereocenters. The molecular formula is HAgAlOZn. The molecule has 0 aromatic rings. The van der Waals surface area contributed by atoms with E-state index in [2.05, 4.69) is 0 Å².